The molecular formula is C21H30N4O. The summed E-state index contributed by atoms with van der Waals surface area (Å²) in [5.74, 6) is 0.433. The van der Waals surface area contributed by atoms with Crippen LogP contribution in [0, 0.1) is 13.8 Å². The molecule has 5 nitrogen and oxygen atoms in total. The van der Waals surface area contributed by atoms with Crippen LogP contribution in [0.2, 0.25) is 0 Å². The number of carbonyl (C=O) groups excluding carboxylic acids is 1. The third-order valence-electron chi connectivity index (χ3n) is 4.33. The first-order valence-electron chi connectivity index (χ1n) is 9.39. The van der Waals surface area contributed by atoms with Crippen molar-refractivity contribution in [1.29, 1.82) is 0 Å². The number of nitrogens with zero attached hydrogens (tertiary/aromatic N) is 1. The molecule has 0 spiro atoms. The van der Waals surface area contributed by atoms with Crippen molar-refractivity contribution in [1.82, 2.24) is 4.98 Å². The van der Waals surface area contributed by atoms with Gasteiger partial charge in [-0.15, -0.1) is 0 Å². The maximum Gasteiger partial charge on any atom is 0.257 e. The van der Waals surface area contributed by atoms with Gasteiger partial charge in [-0.1, -0.05) is 25.3 Å². The average Bonchev–Trinajstić information content (AvgIpc) is 2.63. The second kappa shape index (κ2) is 10.6. The lowest BCUT2D eigenvalue weighted by Gasteiger charge is -2.11. The van der Waals surface area contributed by atoms with Crippen LogP contribution in [0.1, 0.15) is 53.6 Å². The van der Waals surface area contributed by atoms with Crippen LogP contribution < -0.4 is 16.4 Å². The Balaban J connectivity index is 1.82. The Bertz CT molecular complexity index is 698. The van der Waals surface area contributed by atoms with E-state index in [0.29, 0.717) is 11.4 Å². The van der Waals surface area contributed by atoms with Crippen molar-refractivity contribution >= 4 is 17.4 Å². The zero-order valence-electron chi connectivity index (χ0n) is 15.8. The predicted octanol–water partition coefficient (Wildman–Crippen LogP) is 4.27. The third kappa shape index (κ3) is 6.48. The topological polar surface area (TPSA) is 80.0 Å². The second-order valence-electron chi connectivity index (χ2n) is 6.69. The van der Waals surface area contributed by atoms with E-state index in [2.05, 4.69) is 15.6 Å². The molecule has 1 aromatic heterocycles. The summed E-state index contributed by atoms with van der Waals surface area (Å²) >= 11 is 0. The number of aromatic nitrogens is 1. The first kappa shape index (κ1) is 19.9. The number of hydrogen-bond acceptors (Lipinski definition) is 4. The van der Waals surface area contributed by atoms with Gasteiger partial charge in [-0.2, -0.15) is 0 Å². The van der Waals surface area contributed by atoms with Gasteiger partial charge in [0.2, 0.25) is 0 Å². The van der Waals surface area contributed by atoms with Gasteiger partial charge in [0.05, 0.1) is 0 Å². The summed E-state index contributed by atoms with van der Waals surface area (Å²) in [5, 5.41) is 6.27. The molecule has 0 bridgehead atoms. The Kier molecular flexibility index (Phi) is 8.09. The summed E-state index contributed by atoms with van der Waals surface area (Å²) in [6.07, 6.45) is 7.68. The highest BCUT2D eigenvalue weighted by Crippen LogP contribution is 2.17. The van der Waals surface area contributed by atoms with E-state index in [4.69, 9.17) is 5.73 Å². The van der Waals surface area contributed by atoms with E-state index < -0.39 is 0 Å². The van der Waals surface area contributed by atoms with E-state index in [1.165, 1.54) is 19.3 Å². The molecule has 0 atom stereocenters. The number of pyridine rings is 1. The number of hydrogen-bond donors (Lipinski definition) is 3. The van der Waals surface area contributed by atoms with Crippen molar-refractivity contribution in [2.24, 2.45) is 5.73 Å². The lowest BCUT2D eigenvalue weighted by atomic mass is 10.1. The molecule has 1 aromatic carbocycles. The van der Waals surface area contributed by atoms with Crippen molar-refractivity contribution in [3.05, 3.63) is 53.2 Å². The van der Waals surface area contributed by atoms with Gasteiger partial charge < -0.3 is 16.4 Å². The number of anilines is 2. The normalized spacial score (nSPS) is 10.6. The highest BCUT2D eigenvalue weighted by atomic mass is 16.1. The quantitative estimate of drug-likeness (QED) is 0.557. The molecule has 0 aliphatic carbocycles. The SMILES string of the molecule is Cc1ccc(NC(=O)c2ccc(NCCCCCCCN)cc2C)nc1. The number of nitrogens with one attached hydrogen (secondary N) is 2. The molecule has 2 rings (SSSR count). The summed E-state index contributed by atoms with van der Waals surface area (Å²) in [6, 6.07) is 9.58. The van der Waals surface area contributed by atoms with Crippen LogP contribution in [0.15, 0.2) is 36.5 Å². The highest BCUT2D eigenvalue weighted by Gasteiger charge is 2.10. The van der Waals surface area contributed by atoms with E-state index in [1.54, 1.807) is 6.20 Å². The van der Waals surface area contributed by atoms with Crippen LogP contribution >= 0.6 is 0 Å². The van der Waals surface area contributed by atoms with Crippen LogP contribution in [0.4, 0.5) is 11.5 Å². The molecule has 140 valence electrons. The van der Waals surface area contributed by atoms with Crippen molar-refractivity contribution in [2.75, 3.05) is 23.7 Å². The molecule has 0 saturated heterocycles. The Morgan fingerprint density at radius 1 is 1.04 bits per heavy atom. The fourth-order valence-corrected chi connectivity index (χ4v) is 2.79. The Morgan fingerprint density at radius 3 is 2.50 bits per heavy atom. The first-order chi connectivity index (χ1) is 12.6. The van der Waals surface area contributed by atoms with E-state index in [0.717, 1.165) is 42.7 Å². The number of aryl methyl sites for hydroxylation is 2. The van der Waals surface area contributed by atoms with Crippen molar-refractivity contribution in [3.8, 4) is 0 Å². The van der Waals surface area contributed by atoms with Crippen LogP contribution in [0.3, 0.4) is 0 Å². The molecule has 0 radical (unpaired) electrons. The number of carbonyl (C=O) groups is 1. The average molecular weight is 354 g/mol. The molecule has 1 amide bonds. The van der Waals surface area contributed by atoms with Gasteiger partial charge in [-0.3, -0.25) is 4.79 Å². The smallest absolute Gasteiger partial charge is 0.257 e. The molecule has 4 N–H and O–H groups in total. The number of amides is 1. The molecule has 0 aliphatic rings. The Morgan fingerprint density at radius 2 is 1.81 bits per heavy atom. The first-order valence-corrected chi connectivity index (χ1v) is 9.39. The molecule has 2 aromatic rings. The lowest BCUT2D eigenvalue weighted by Crippen LogP contribution is -2.14. The van der Waals surface area contributed by atoms with Gasteiger partial charge in [0.1, 0.15) is 5.82 Å². The van der Waals surface area contributed by atoms with Crippen LogP contribution in [0.5, 0.6) is 0 Å². The van der Waals surface area contributed by atoms with Crippen molar-refractivity contribution < 1.29 is 4.79 Å². The van der Waals surface area contributed by atoms with Crippen molar-refractivity contribution in [2.45, 2.75) is 46.0 Å². The molecule has 1 heterocycles. The molecule has 0 fully saturated rings. The Labute approximate surface area is 156 Å². The fraction of sp³-hybridized carbons (Fsp3) is 0.429. The Hall–Kier alpha value is -2.40. The number of nitrogens with two attached hydrogens (primary N) is 1. The molecule has 0 aliphatic heterocycles. The minimum absolute atomic E-state index is 0.134. The maximum absolute atomic E-state index is 12.4. The number of unbranched alkanes of at least 4 members (excludes halogenated alkanes) is 4. The van der Waals surface area contributed by atoms with E-state index >= 15 is 0 Å². The third-order valence-corrected chi connectivity index (χ3v) is 4.33. The van der Waals surface area contributed by atoms with Gasteiger partial charge in [0.25, 0.3) is 5.91 Å². The van der Waals surface area contributed by atoms with Gasteiger partial charge >= 0.3 is 0 Å². The van der Waals surface area contributed by atoms with Crippen LogP contribution in [-0.4, -0.2) is 24.0 Å². The van der Waals surface area contributed by atoms with Gasteiger partial charge in [-0.25, -0.2) is 4.98 Å². The summed E-state index contributed by atoms with van der Waals surface area (Å²) in [4.78, 5) is 16.7. The predicted molar refractivity (Wildman–Crippen MR) is 109 cm³/mol. The summed E-state index contributed by atoms with van der Waals surface area (Å²) < 4.78 is 0. The molecule has 26 heavy (non-hydrogen) atoms. The van der Waals surface area contributed by atoms with Crippen LogP contribution in [0.25, 0.3) is 0 Å². The monoisotopic (exact) mass is 354 g/mol. The van der Waals surface area contributed by atoms with E-state index in [-0.39, 0.29) is 5.91 Å². The zero-order chi connectivity index (χ0) is 18.8. The van der Waals surface area contributed by atoms with Crippen molar-refractivity contribution in [3.63, 3.8) is 0 Å². The largest absolute Gasteiger partial charge is 0.385 e. The summed E-state index contributed by atoms with van der Waals surface area (Å²) in [6.45, 7) is 5.66. The minimum atomic E-state index is -0.134. The van der Waals surface area contributed by atoms with E-state index in [1.807, 2.05) is 44.2 Å². The van der Waals surface area contributed by atoms with E-state index in [9.17, 15) is 4.79 Å². The lowest BCUT2D eigenvalue weighted by molar-refractivity contribution is 0.102. The van der Waals surface area contributed by atoms with Gasteiger partial charge in [0.15, 0.2) is 0 Å². The summed E-state index contributed by atoms with van der Waals surface area (Å²) in [5.41, 5.74) is 9.23. The standard InChI is InChI=1S/C21H30N4O/c1-16-8-11-20(24-15-16)25-21(26)19-10-9-18(14-17(19)2)23-13-7-5-3-4-6-12-22/h8-11,14-15,23H,3-7,12-13,22H2,1-2H3,(H,24,25,26). The summed E-state index contributed by atoms with van der Waals surface area (Å²) in [7, 11) is 0. The minimum Gasteiger partial charge on any atom is -0.385 e. The molecule has 5 heteroatoms. The molecule has 0 saturated carbocycles. The molecule has 0 unspecified atom stereocenters. The fourth-order valence-electron chi connectivity index (χ4n) is 2.79. The number of rotatable bonds is 10. The van der Waals surface area contributed by atoms with Gasteiger partial charge in [-0.05, 0) is 68.6 Å². The highest BCUT2D eigenvalue weighted by molar-refractivity contribution is 6.05. The molecular weight excluding hydrogens is 324 g/mol. The zero-order valence-corrected chi connectivity index (χ0v) is 15.8. The van der Waals surface area contributed by atoms with Gasteiger partial charge in [0, 0.05) is 24.0 Å². The number of benzene rings is 1. The van der Waals surface area contributed by atoms with Crippen LogP contribution in [-0.2, 0) is 0 Å². The second-order valence-corrected chi connectivity index (χ2v) is 6.69. The maximum atomic E-state index is 12.4.